The summed E-state index contributed by atoms with van der Waals surface area (Å²) in [6.07, 6.45) is 2.29. The van der Waals surface area contributed by atoms with Crippen LogP contribution in [-0.2, 0) is 12.8 Å². The van der Waals surface area contributed by atoms with Crippen molar-refractivity contribution < 1.29 is 18.0 Å². The predicted octanol–water partition coefficient (Wildman–Crippen LogP) is 4.61. The zero-order valence-corrected chi connectivity index (χ0v) is 16.1. The minimum Gasteiger partial charge on any atom is -0.334 e. The highest BCUT2D eigenvalue weighted by Gasteiger charge is 2.30. The highest BCUT2D eigenvalue weighted by atomic mass is 19.2. The van der Waals surface area contributed by atoms with Gasteiger partial charge in [-0.05, 0) is 56.0 Å². The van der Waals surface area contributed by atoms with E-state index in [0.29, 0.717) is 24.2 Å². The molecule has 0 bridgehead atoms. The lowest BCUT2D eigenvalue weighted by Gasteiger charge is -2.25. The van der Waals surface area contributed by atoms with Crippen LogP contribution in [0.5, 0.6) is 0 Å². The van der Waals surface area contributed by atoms with Gasteiger partial charge >= 0.3 is 0 Å². The van der Waals surface area contributed by atoms with Gasteiger partial charge in [0.05, 0.1) is 11.7 Å². The molecule has 1 atom stereocenters. The summed E-state index contributed by atoms with van der Waals surface area (Å²) in [6, 6.07) is 9.32. The van der Waals surface area contributed by atoms with Crippen LogP contribution in [0.25, 0.3) is 5.69 Å². The molecule has 2 aromatic carbocycles. The van der Waals surface area contributed by atoms with E-state index in [9.17, 15) is 18.0 Å². The minimum absolute atomic E-state index is 0.263. The minimum atomic E-state index is -0.959. The van der Waals surface area contributed by atoms with Crippen LogP contribution in [0, 0.1) is 17.5 Å². The number of amides is 1. The summed E-state index contributed by atoms with van der Waals surface area (Å²) in [6.45, 7) is 1.86. The number of aromatic nitrogens is 2. The van der Waals surface area contributed by atoms with Crippen LogP contribution in [0.4, 0.5) is 13.2 Å². The van der Waals surface area contributed by atoms with Crippen LogP contribution in [0.1, 0.15) is 46.7 Å². The van der Waals surface area contributed by atoms with Gasteiger partial charge in [0, 0.05) is 24.4 Å². The van der Waals surface area contributed by atoms with Crippen molar-refractivity contribution in [2.75, 3.05) is 7.05 Å². The standard InChI is InChI=1S/C22H20F3N3O/c1-13(14-6-8-15(23)9-7-14)27(2)22(29)21-17-4-3-5-20(17)28(26-21)16-10-11-18(24)19(25)12-16/h6-13H,3-5H2,1-2H3. The average molecular weight is 399 g/mol. The number of rotatable bonds is 4. The van der Waals surface area contributed by atoms with E-state index in [1.807, 2.05) is 6.92 Å². The second-order valence-corrected chi connectivity index (χ2v) is 7.28. The highest BCUT2D eigenvalue weighted by Crippen LogP contribution is 2.30. The van der Waals surface area contributed by atoms with Gasteiger partial charge in [0.25, 0.3) is 5.91 Å². The van der Waals surface area contributed by atoms with E-state index in [-0.39, 0.29) is 17.8 Å². The Morgan fingerprint density at radius 2 is 1.79 bits per heavy atom. The van der Waals surface area contributed by atoms with Gasteiger partial charge in [-0.15, -0.1) is 0 Å². The largest absolute Gasteiger partial charge is 0.334 e. The third-order valence-electron chi connectivity index (χ3n) is 5.53. The summed E-state index contributed by atoms with van der Waals surface area (Å²) < 4.78 is 41.8. The van der Waals surface area contributed by atoms with E-state index in [4.69, 9.17) is 0 Å². The number of hydrogen-bond donors (Lipinski definition) is 0. The van der Waals surface area contributed by atoms with Crippen molar-refractivity contribution in [2.24, 2.45) is 0 Å². The van der Waals surface area contributed by atoms with Gasteiger partial charge in [-0.25, -0.2) is 17.9 Å². The van der Waals surface area contributed by atoms with Gasteiger partial charge in [0.2, 0.25) is 0 Å². The molecule has 1 aromatic heterocycles. The van der Waals surface area contributed by atoms with Gasteiger partial charge in [0.1, 0.15) is 5.82 Å². The van der Waals surface area contributed by atoms with E-state index >= 15 is 0 Å². The molecule has 0 aliphatic heterocycles. The second kappa shape index (κ2) is 7.39. The van der Waals surface area contributed by atoms with Crippen molar-refractivity contribution in [3.05, 3.63) is 82.4 Å². The smallest absolute Gasteiger partial charge is 0.274 e. The van der Waals surface area contributed by atoms with E-state index < -0.39 is 11.6 Å². The normalized spacial score (nSPS) is 14.0. The molecule has 1 aliphatic carbocycles. The van der Waals surface area contributed by atoms with Crippen molar-refractivity contribution in [2.45, 2.75) is 32.2 Å². The number of carbonyl (C=O) groups excluding carboxylic acids is 1. The number of hydrogen-bond acceptors (Lipinski definition) is 2. The molecule has 7 heteroatoms. The van der Waals surface area contributed by atoms with E-state index in [1.165, 1.54) is 22.9 Å². The van der Waals surface area contributed by atoms with Crippen LogP contribution in [0.15, 0.2) is 42.5 Å². The van der Waals surface area contributed by atoms with E-state index in [1.54, 1.807) is 24.1 Å². The Hall–Kier alpha value is -3.09. The number of carbonyl (C=O) groups is 1. The maximum absolute atomic E-state index is 13.7. The Morgan fingerprint density at radius 1 is 1.07 bits per heavy atom. The fourth-order valence-corrected chi connectivity index (χ4v) is 3.75. The average Bonchev–Trinajstić information content (AvgIpc) is 3.32. The molecule has 1 heterocycles. The Kier molecular flexibility index (Phi) is 4.90. The fourth-order valence-electron chi connectivity index (χ4n) is 3.75. The van der Waals surface area contributed by atoms with Crippen molar-refractivity contribution in [1.82, 2.24) is 14.7 Å². The molecule has 1 unspecified atom stereocenters. The molecule has 0 N–H and O–H groups in total. The van der Waals surface area contributed by atoms with Crippen molar-refractivity contribution >= 4 is 5.91 Å². The second-order valence-electron chi connectivity index (χ2n) is 7.28. The molecule has 0 saturated heterocycles. The van der Waals surface area contributed by atoms with Gasteiger partial charge in [-0.1, -0.05) is 12.1 Å². The summed E-state index contributed by atoms with van der Waals surface area (Å²) in [5.41, 5.74) is 3.20. The number of fused-ring (bicyclic) bond motifs is 1. The molecule has 0 saturated carbocycles. The molecule has 0 spiro atoms. The monoisotopic (exact) mass is 399 g/mol. The molecule has 150 valence electrons. The zero-order chi connectivity index (χ0) is 20.7. The van der Waals surface area contributed by atoms with Crippen molar-refractivity contribution in [3.63, 3.8) is 0 Å². The molecule has 1 amide bonds. The first-order chi connectivity index (χ1) is 13.9. The molecule has 4 rings (SSSR count). The zero-order valence-electron chi connectivity index (χ0n) is 16.1. The summed E-state index contributed by atoms with van der Waals surface area (Å²) in [5, 5.41) is 4.46. The molecule has 4 nitrogen and oxygen atoms in total. The predicted molar refractivity (Wildman–Crippen MR) is 102 cm³/mol. The summed E-state index contributed by atoms with van der Waals surface area (Å²) in [7, 11) is 1.67. The lowest BCUT2D eigenvalue weighted by atomic mass is 10.1. The maximum Gasteiger partial charge on any atom is 0.274 e. The van der Waals surface area contributed by atoms with Gasteiger partial charge in [-0.3, -0.25) is 4.79 Å². The summed E-state index contributed by atoms with van der Waals surface area (Å²) in [5.74, 6) is -2.49. The quantitative estimate of drug-likeness (QED) is 0.643. The van der Waals surface area contributed by atoms with E-state index in [0.717, 1.165) is 35.4 Å². The number of halogens is 3. The molecular formula is C22H20F3N3O. The van der Waals surface area contributed by atoms with Crippen molar-refractivity contribution in [1.29, 1.82) is 0 Å². The number of nitrogens with zero attached hydrogens (tertiary/aromatic N) is 3. The van der Waals surface area contributed by atoms with Gasteiger partial charge < -0.3 is 4.90 Å². The van der Waals surface area contributed by atoms with Crippen LogP contribution in [-0.4, -0.2) is 27.6 Å². The van der Waals surface area contributed by atoms with E-state index in [2.05, 4.69) is 5.10 Å². The molecular weight excluding hydrogens is 379 g/mol. The molecule has 0 radical (unpaired) electrons. The Bertz CT molecular complexity index is 1080. The lowest BCUT2D eigenvalue weighted by Crippen LogP contribution is -2.30. The third kappa shape index (κ3) is 3.41. The highest BCUT2D eigenvalue weighted by molar-refractivity contribution is 5.94. The van der Waals surface area contributed by atoms with Crippen molar-refractivity contribution in [3.8, 4) is 5.69 Å². The molecule has 1 aliphatic rings. The topological polar surface area (TPSA) is 38.1 Å². The molecule has 0 fully saturated rings. The summed E-state index contributed by atoms with van der Waals surface area (Å²) in [4.78, 5) is 14.8. The lowest BCUT2D eigenvalue weighted by molar-refractivity contribution is 0.0735. The first-order valence-corrected chi connectivity index (χ1v) is 9.45. The first-order valence-electron chi connectivity index (χ1n) is 9.45. The number of benzene rings is 2. The maximum atomic E-state index is 13.7. The van der Waals surface area contributed by atoms with Crippen LogP contribution in [0.2, 0.25) is 0 Å². The van der Waals surface area contributed by atoms with Crippen LogP contribution >= 0.6 is 0 Å². The fraction of sp³-hybridized carbons (Fsp3) is 0.273. The summed E-state index contributed by atoms with van der Waals surface area (Å²) >= 11 is 0. The third-order valence-corrected chi connectivity index (χ3v) is 5.53. The Labute approximate surface area is 166 Å². The van der Waals surface area contributed by atoms with Gasteiger partial charge in [-0.2, -0.15) is 5.10 Å². The first kappa shape index (κ1) is 19.2. The van der Waals surface area contributed by atoms with Crippen LogP contribution < -0.4 is 0 Å². The molecule has 3 aromatic rings. The van der Waals surface area contributed by atoms with Gasteiger partial charge in [0.15, 0.2) is 17.3 Å². The Morgan fingerprint density at radius 3 is 2.48 bits per heavy atom. The van der Waals surface area contributed by atoms with Crippen LogP contribution in [0.3, 0.4) is 0 Å². The molecule has 29 heavy (non-hydrogen) atoms. The Balaban J connectivity index is 1.68. The SMILES string of the molecule is CC(c1ccc(F)cc1)N(C)C(=O)c1nn(-c2ccc(F)c(F)c2)c2c1CCC2.